The lowest BCUT2D eigenvalue weighted by atomic mass is 10.1. The van der Waals surface area contributed by atoms with Crippen LogP contribution in [0.4, 0.5) is 38.0 Å². The number of halogens is 6. The average molecular weight is 934 g/mol. The van der Waals surface area contributed by atoms with Gasteiger partial charge >= 0.3 is 13.2 Å². The first-order chi connectivity index (χ1) is 29.3. The Morgan fingerprint density at radius 1 is 0.839 bits per heavy atom. The molecule has 8 N–H and O–H groups in total. The van der Waals surface area contributed by atoms with Gasteiger partial charge in [0, 0.05) is 19.8 Å². The van der Waals surface area contributed by atoms with Gasteiger partial charge in [0.1, 0.15) is 59.5 Å². The first-order valence-corrected chi connectivity index (χ1v) is 22.4. The number of aliphatic hydroxyl groups excluding tert-OH is 2. The zero-order chi connectivity index (χ0) is 46.7. The molecule has 350 valence electrons. The monoisotopic (exact) mass is 933 g/mol. The fourth-order valence-corrected chi connectivity index (χ4v) is 7.23. The van der Waals surface area contributed by atoms with Crippen LogP contribution in [0, 0.1) is 0 Å². The summed E-state index contributed by atoms with van der Waals surface area (Å²) >= 11 is 2.83. The lowest BCUT2D eigenvalue weighted by Gasteiger charge is -2.39. The molecule has 7 rings (SSSR count). The van der Waals surface area contributed by atoms with Crippen LogP contribution in [0.25, 0.3) is 22.1 Å². The molecule has 8 atom stereocenters. The molecule has 20 nitrogen and oxygen atoms in total. The Labute approximate surface area is 358 Å². The molecule has 0 bridgehead atoms. The first-order valence-electron chi connectivity index (χ1n) is 19.2. The summed E-state index contributed by atoms with van der Waals surface area (Å²) in [6.45, 7) is 8.94. The van der Waals surface area contributed by atoms with Crippen molar-refractivity contribution >= 4 is 54.6 Å². The molecular formula is C34H53F6N11O9SSi. The second-order valence-corrected chi connectivity index (χ2v) is 19.5. The van der Waals surface area contributed by atoms with E-state index in [1.54, 1.807) is 0 Å². The maximum Gasteiger partial charge on any atom is 0.388 e. The summed E-state index contributed by atoms with van der Waals surface area (Å²) in [5, 5.41) is 26.7. The largest absolute Gasteiger partial charge is 0.414 e. The predicted molar refractivity (Wildman–Crippen MR) is 214 cm³/mol. The summed E-state index contributed by atoms with van der Waals surface area (Å²) in [4.78, 5) is 15.2. The zero-order valence-electron chi connectivity index (χ0n) is 34.9. The number of aromatic nitrogens is 8. The third kappa shape index (κ3) is 11.9. The molecule has 0 aliphatic carbocycles. The second kappa shape index (κ2) is 23.0. The Morgan fingerprint density at radius 2 is 1.27 bits per heavy atom. The summed E-state index contributed by atoms with van der Waals surface area (Å²) in [6.07, 6.45) is -6.23. The van der Waals surface area contributed by atoms with Gasteiger partial charge in [-0.25, -0.2) is 38.1 Å². The van der Waals surface area contributed by atoms with Crippen LogP contribution in [0.3, 0.4) is 0 Å². The quantitative estimate of drug-likeness (QED) is 0.112. The molecule has 0 amide bonds. The van der Waals surface area contributed by atoms with Crippen LogP contribution in [0.2, 0.25) is 18.1 Å². The summed E-state index contributed by atoms with van der Waals surface area (Å²) in [7, 11) is -2.41. The Hall–Kier alpha value is -4.16. The Kier molecular flexibility index (Phi) is 19.3. The van der Waals surface area contributed by atoms with Gasteiger partial charge in [0.2, 0.25) is 0 Å². The van der Waals surface area contributed by atoms with E-state index in [-0.39, 0.29) is 45.3 Å². The number of aliphatic hydroxyl groups is 2. The molecule has 0 spiro atoms. The Bertz CT molecular complexity index is 2000. The van der Waals surface area contributed by atoms with Gasteiger partial charge in [-0.2, -0.15) is 21.8 Å². The molecule has 4 aromatic heterocycles. The highest BCUT2D eigenvalue weighted by Gasteiger charge is 2.52. The predicted octanol–water partition coefficient (Wildman–Crippen LogP) is 3.68. The Morgan fingerprint density at radius 3 is 1.63 bits per heavy atom. The van der Waals surface area contributed by atoms with E-state index < -0.39 is 89.1 Å². The smallest absolute Gasteiger partial charge is 0.388 e. The van der Waals surface area contributed by atoms with Gasteiger partial charge in [-0.05, 0) is 31.0 Å². The van der Waals surface area contributed by atoms with E-state index in [1.165, 1.54) is 12.8 Å². The van der Waals surface area contributed by atoms with Crippen molar-refractivity contribution < 1.29 is 68.9 Å². The first kappa shape index (κ1) is 52.2. The van der Waals surface area contributed by atoms with E-state index in [4.69, 9.17) is 40.0 Å². The number of ether oxygens (including phenoxy) is 5. The van der Waals surface area contributed by atoms with E-state index in [9.17, 15) is 32.2 Å². The van der Waals surface area contributed by atoms with Gasteiger partial charge in [-0.3, -0.25) is 0 Å². The lowest BCUT2D eigenvalue weighted by molar-refractivity contribution is -0.0599. The maximum atomic E-state index is 15.5. The second-order valence-electron chi connectivity index (χ2n) is 14.8. The van der Waals surface area contributed by atoms with Gasteiger partial charge in [0.05, 0.1) is 6.61 Å². The highest BCUT2D eigenvalue weighted by Crippen LogP contribution is 2.43. The summed E-state index contributed by atoms with van der Waals surface area (Å²) in [5.74, 6) is -1.41. The highest BCUT2D eigenvalue weighted by atomic mass is 32.1. The molecule has 3 saturated heterocycles. The van der Waals surface area contributed by atoms with Gasteiger partial charge in [0.25, 0.3) is 11.8 Å². The topological polar surface area (TPSA) is 278 Å². The van der Waals surface area contributed by atoms with E-state index in [2.05, 4.69) is 52.1 Å². The average Bonchev–Trinajstić information content (AvgIpc) is 4.07. The molecule has 0 saturated carbocycles. The van der Waals surface area contributed by atoms with E-state index >= 15 is 4.39 Å². The van der Waals surface area contributed by atoms with Crippen molar-refractivity contribution in [2.24, 2.45) is 5.73 Å². The minimum atomic E-state index is -3.18. The molecule has 4 aromatic rings. The minimum Gasteiger partial charge on any atom is -0.414 e. The molecule has 3 fully saturated rings. The van der Waals surface area contributed by atoms with Gasteiger partial charge in [-0.15, -0.1) is 10.2 Å². The minimum absolute atomic E-state index is 0.0320. The standard InChI is InChI=1S/C17H26F3N5O4Si.C11H13F3N6O3.C4H8O.C2H6.OS/c1-17(2,3)30(4,5)29-11-8(6-26)27-15(10(11)18)25-13-9(12(21)22-7-23-13)14(24-25)28-16(19)20;12-5-6(21)3(1-15)22-10(5)20-8-4(7(16)17-2-18-8)9(19-20)23-11(13)14;1-2-4-5-3-1;2*1-2/h7-8,10-11,15-16,26H,6H2,1-5H3,(H2,21,22,23);2-3,5-6,10-11,21H,1,15H2,(H2,16,17,18);1-4H2;1-2H3;/t8-,10+,11-,15-;3-,5+,6-,10-;;;/m11.../s1. The third-order valence-electron chi connectivity index (χ3n) is 9.89. The van der Waals surface area contributed by atoms with Crippen LogP contribution in [0.1, 0.15) is 59.9 Å². The van der Waals surface area contributed by atoms with Crippen molar-refractivity contribution in [1.29, 1.82) is 0 Å². The van der Waals surface area contributed by atoms with Crippen molar-refractivity contribution in [2.75, 3.05) is 37.8 Å². The molecule has 3 aliphatic rings. The number of rotatable bonds is 10. The van der Waals surface area contributed by atoms with Crippen LogP contribution in [0.5, 0.6) is 11.8 Å². The fourth-order valence-electron chi connectivity index (χ4n) is 5.92. The number of nitrogens with two attached hydrogens (primary N) is 3. The van der Waals surface area contributed by atoms with Crippen molar-refractivity contribution in [1.82, 2.24) is 39.5 Å². The number of fused-ring (bicyclic) bond motifs is 2. The van der Waals surface area contributed by atoms with Crippen LogP contribution >= 0.6 is 0 Å². The van der Waals surface area contributed by atoms with Crippen molar-refractivity contribution in [3.63, 3.8) is 0 Å². The van der Waals surface area contributed by atoms with Crippen LogP contribution in [-0.4, -0.2) is 139 Å². The summed E-state index contributed by atoms with van der Waals surface area (Å²) in [6, 6.07) is 0. The van der Waals surface area contributed by atoms with Crippen molar-refractivity contribution in [3.05, 3.63) is 12.7 Å². The van der Waals surface area contributed by atoms with E-state index in [0.717, 1.165) is 35.2 Å². The van der Waals surface area contributed by atoms with Crippen molar-refractivity contribution in [3.8, 4) is 11.8 Å². The number of alkyl halides is 6. The fraction of sp³-hybridized carbons (Fsp3) is 0.706. The van der Waals surface area contributed by atoms with E-state index in [0.29, 0.717) is 0 Å². The van der Waals surface area contributed by atoms with E-state index in [1.807, 2.05) is 47.7 Å². The number of nitrogens with zero attached hydrogens (tertiary/aromatic N) is 8. The maximum absolute atomic E-state index is 15.5. The van der Waals surface area contributed by atoms with Gasteiger partial charge in [0.15, 0.2) is 56.9 Å². The van der Waals surface area contributed by atoms with Crippen LogP contribution in [0.15, 0.2) is 12.7 Å². The molecule has 62 heavy (non-hydrogen) atoms. The molecule has 3 aliphatic heterocycles. The third-order valence-corrected chi connectivity index (χ3v) is 14.4. The summed E-state index contributed by atoms with van der Waals surface area (Å²) in [5.41, 5.74) is 16.7. The van der Waals surface area contributed by atoms with Crippen molar-refractivity contribution in [2.45, 2.75) is 128 Å². The lowest BCUT2D eigenvalue weighted by Crippen LogP contribution is -2.49. The van der Waals surface area contributed by atoms with Gasteiger partial charge in [-0.1, -0.05) is 34.6 Å². The SMILES string of the molecule is C1CCOC1.CC.CC(C)(C)[Si](C)(C)O[C@H]1[C@H](F)[C@H](n2nc(OC(F)F)c3c(N)ncnc32)O[C@@H]1CO.NC[C@H]1O[C@@H](n2nc(OC(F)F)c3c(N)ncnc32)[C@@H](F)[C@@H]1O.O=S. The molecule has 0 radical (unpaired) electrons. The van der Waals surface area contributed by atoms with Crippen LogP contribution in [-0.2, 0) is 31.2 Å². The van der Waals surface area contributed by atoms with Gasteiger partial charge < -0.3 is 55.5 Å². The number of anilines is 2. The molecular weight excluding hydrogens is 881 g/mol. The normalized spacial score (nSPS) is 24.7. The Balaban J connectivity index is 0.000000282. The molecule has 28 heteroatoms. The number of hydrogen-bond acceptors (Lipinski definition) is 19. The number of nitrogen functional groups attached to an aromatic ring is 2. The molecule has 0 aromatic carbocycles. The molecule has 0 unspecified atom stereocenters. The zero-order valence-corrected chi connectivity index (χ0v) is 36.7. The molecule has 7 heterocycles. The van der Waals surface area contributed by atoms with Crippen LogP contribution < -0.4 is 26.7 Å². The summed E-state index contributed by atoms with van der Waals surface area (Å²) < 4.78 is 121. The number of hydrogen-bond donors (Lipinski definition) is 5. The highest BCUT2D eigenvalue weighted by molar-refractivity contribution is 7.44.